The van der Waals surface area contributed by atoms with Crippen LogP contribution in [0.3, 0.4) is 0 Å². The molecule has 0 spiro atoms. The monoisotopic (exact) mass is 267 g/mol. The smallest absolute Gasteiger partial charge is 0.329 e. The molecule has 0 unspecified atom stereocenters. The van der Waals surface area contributed by atoms with Gasteiger partial charge < -0.3 is 10.4 Å². The molecule has 2 N–H and O–H groups in total. The molecule has 0 aromatic carbocycles. The van der Waals surface area contributed by atoms with Crippen molar-refractivity contribution in [3.05, 3.63) is 22.4 Å². The molecule has 18 heavy (non-hydrogen) atoms. The molecule has 2 rings (SSSR count). The van der Waals surface area contributed by atoms with E-state index in [0.717, 1.165) is 12.8 Å². The minimum atomic E-state index is -1.08. The van der Waals surface area contributed by atoms with Gasteiger partial charge in [-0.3, -0.25) is 4.79 Å². The number of hydrogen-bond donors (Lipinski definition) is 2. The van der Waals surface area contributed by atoms with Crippen LogP contribution >= 0.6 is 11.3 Å². The maximum Gasteiger partial charge on any atom is 0.329 e. The van der Waals surface area contributed by atoms with E-state index in [-0.39, 0.29) is 5.91 Å². The Morgan fingerprint density at radius 3 is 2.61 bits per heavy atom. The average molecular weight is 267 g/mol. The molecule has 0 radical (unpaired) electrons. The van der Waals surface area contributed by atoms with Gasteiger partial charge in [-0.05, 0) is 43.0 Å². The summed E-state index contributed by atoms with van der Waals surface area (Å²) in [6.45, 7) is 2.12. The van der Waals surface area contributed by atoms with Crippen molar-refractivity contribution in [2.45, 2.75) is 38.1 Å². The Bertz CT molecular complexity index is 433. The lowest BCUT2D eigenvalue weighted by Crippen LogP contribution is -2.56. The number of hydrogen-bond acceptors (Lipinski definition) is 3. The number of carboxylic acids is 1. The summed E-state index contributed by atoms with van der Waals surface area (Å²) in [5.41, 5.74) is -0.537. The Labute approximate surface area is 110 Å². The highest BCUT2D eigenvalue weighted by Crippen LogP contribution is 2.32. The molecule has 1 aromatic rings. The summed E-state index contributed by atoms with van der Waals surface area (Å²) in [5.74, 6) is -0.665. The molecule has 0 bridgehead atoms. The number of thiophene rings is 1. The predicted octanol–water partition coefficient (Wildman–Crippen LogP) is 2.51. The number of carbonyl (C=O) groups excluding carboxylic acids is 1. The molecule has 0 saturated heterocycles. The molecule has 1 heterocycles. The van der Waals surface area contributed by atoms with Crippen molar-refractivity contribution in [3.63, 3.8) is 0 Å². The highest BCUT2D eigenvalue weighted by molar-refractivity contribution is 7.08. The summed E-state index contributed by atoms with van der Waals surface area (Å²) in [5, 5.41) is 15.7. The van der Waals surface area contributed by atoms with Gasteiger partial charge in [-0.15, -0.1) is 0 Å². The number of nitrogens with one attached hydrogen (secondary N) is 1. The van der Waals surface area contributed by atoms with Gasteiger partial charge in [0.1, 0.15) is 5.54 Å². The lowest BCUT2D eigenvalue weighted by molar-refractivity contribution is -0.146. The number of amides is 1. The maximum absolute atomic E-state index is 12.0. The number of rotatable bonds is 3. The Hall–Kier alpha value is -1.36. The van der Waals surface area contributed by atoms with Gasteiger partial charge in [0, 0.05) is 5.38 Å². The molecule has 5 heteroatoms. The number of aliphatic carboxylic acids is 1. The van der Waals surface area contributed by atoms with E-state index in [1.807, 2.05) is 5.38 Å². The largest absolute Gasteiger partial charge is 0.480 e. The van der Waals surface area contributed by atoms with E-state index in [4.69, 9.17) is 0 Å². The van der Waals surface area contributed by atoms with Gasteiger partial charge in [-0.25, -0.2) is 4.79 Å². The van der Waals surface area contributed by atoms with E-state index in [0.29, 0.717) is 24.3 Å². The first-order valence-corrected chi connectivity index (χ1v) is 7.06. The summed E-state index contributed by atoms with van der Waals surface area (Å²) < 4.78 is 0. The molecule has 0 aliphatic heterocycles. The van der Waals surface area contributed by atoms with E-state index in [1.165, 1.54) is 11.3 Å². The molecular weight excluding hydrogens is 250 g/mol. The van der Waals surface area contributed by atoms with Crippen LogP contribution in [0.15, 0.2) is 16.8 Å². The van der Waals surface area contributed by atoms with E-state index in [1.54, 1.807) is 11.4 Å². The first-order chi connectivity index (χ1) is 8.53. The van der Waals surface area contributed by atoms with E-state index >= 15 is 0 Å². The second kappa shape index (κ2) is 5.10. The van der Waals surface area contributed by atoms with Crippen molar-refractivity contribution >= 4 is 23.2 Å². The van der Waals surface area contributed by atoms with Crippen molar-refractivity contribution in [2.75, 3.05) is 0 Å². The third-order valence-electron chi connectivity index (χ3n) is 3.67. The zero-order chi connectivity index (χ0) is 13.2. The lowest BCUT2D eigenvalue weighted by Gasteiger charge is -2.36. The quantitative estimate of drug-likeness (QED) is 0.884. The molecule has 4 nitrogen and oxygen atoms in total. The van der Waals surface area contributed by atoms with Crippen LogP contribution in [0, 0.1) is 5.92 Å². The van der Waals surface area contributed by atoms with E-state index < -0.39 is 11.5 Å². The van der Waals surface area contributed by atoms with Crippen LogP contribution in [0.25, 0.3) is 0 Å². The normalized spacial score (nSPS) is 27.7. The van der Waals surface area contributed by atoms with Crippen molar-refractivity contribution in [3.8, 4) is 0 Å². The fourth-order valence-electron chi connectivity index (χ4n) is 2.33. The highest BCUT2D eigenvalue weighted by Gasteiger charge is 2.42. The molecule has 1 amide bonds. The third kappa shape index (κ3) is 2.56. The molecule has 1 fully saturated rings. The molecule has 1 aromatic heterocycles. The Morgan fingerprint density at radius 1 is 1.44 bits per heavy atom. The average Bonchev–Trinajstić information content (AvgIpc) is 2.85. The minimum Gasteiger partial charge on any atom is -0.480 e. The van der Waals surface area contributed by atoms with Gasteiger partial charge >= 0.3 is 5.97 Å². The van der Waals surface area contributed by atoms with Gasteiger partial charge in [0.25, 0.3) is 5.91 Å². The maximum atomic E-state index is 12.0. The topological polar surface area (TPSA) is 66.4 Å². The zero-order valence-corrected chi connectivity index (χ0v) is 11.1. The zero-order valence-electron chi connectivity index (χ0n) is 10.3. The standard InChI is InChI=1S/C13H17NO3S/c1-9-2-5-13(6-3-9,12(16)17)14-11(15)10-4-7-18-8-10/h4,7-9H,2-3,5-6H2,1H3,(H,14,15)(H,16,17). The molecule has 0 atom stereocenters. The lowest BCUT2D eigenvalue weighted by atomic mass is 9.77. The van der Waals surface area contributed by atoms with E-state index in [9.17, 15) is 14.7 Å². The third-order valence-corrected chi connectivity index (χ3v) is 4.36. The number of carbonyl (C=O) groups is 2. The fourth-order valence-corrected chi connectivity index (χ4v) is 2.97. The van der Waals surface area contributed by atoms with Crippen LogP contribution in [0.2, 0.25) is 0 Å². The van der Waals surface area contributed by atoms with Gasteiger partial charge in [-0.1, -0.05) is 6.92 Å². The van der Waals surface area contributed by atoms with Crippen molar-refractivity contribution in [1.82, 2.24) is 5.32 Å². The summed E-state index contributed by atoms with van der Waals surface area (Å²) in [7, 11) is 0. The Balaban J connectivity index is 2.12. The van der Waals surface area contributed by atoms with Crippen molar-refractivity contribution in [2.24, 2.45) is 5.92 Å². The summed E-state index contributed by atoms with van der Waals surface area (Å²) in [6.07, 6.45) is 2.71. The molecular formula is C13H17NO3S. The first kappa shape index (κ1) is 13.1. The van der Waals surface area contributed by atoms with Crippen LogP contribution < -0.4 is 5.32 Å². The Kier molecular flexibility index (Phi) is 3.71. The SMILES string of the molecule is CC1CCC(NC(=O)c2ccsc2)(C(=O)O)CC1. The van der Waals surface area contributed by atoms with Crippen molar-refractivity contribution < 1.29 is 14.7 Å². The van der Waals surface area contributed by atoms with Crippen LogP contribution in [-0.4, -0.2) is 22.5 Å². The van der Waals surface area contributed by atoms with Crippen LogP contribution in [-0.2, 0) is 4.79 Å². The van der Waals surface area contributed by atoms with Crippen LogP contribution in [0.4, 0.5) is 0 Å². The van der Waals surface area contributed by atoms with E-state index in [2.05, 4.69) is 12.2 Å². The van der Waals surface area contributed by atoms with Gasteiger partial charge in [0.2, 0.25) is 0 Å². The predicted molar refractivity (Wildman–Crippen MR) is 69.8 cm³/mol. The molecule has 1 saturated carbocycles. The van der Waals surface area contributed by atoms with Gasteiger partial charge in [0.05, 0.1) is 5.56 Å². The minimum absolute atomic E-state index is 0.284. The van der Waals surface area contributed by atoms with Crippen molar-refractivity contribution in [1.29, 1.82) is 0 Å². The summed E-state index contributed by atoms with van der Waals surface area (Å²) in [6, 6.07) is 1.71. The molecule has 1 aliphatic rings. The molecule has 98 valence electrons. The van der Waals surface area contributed by atoms with Gasteiger partial charge in [-0.2, -0.15) is 11.3 Å². The first-order valence-electron chi connectivity index (χ1n) is 6.11. The van der Waals surface area contributed by atoms with Crippen LogP contribution in [0.5, 0.6) is 0 Å². The Morgan fingerprint density at radius 2 is 2.11 bits per heavy atom. The molecule has 1 aliphatic carbocycles. The van der Waals surface area contributed by atoms with Gasteiger partial charge in [0.15, 0.2) is 0 Å². The fraction of sp³-hybridized carbons (Fsp3) is 0.538. The van der Waals surface area contributed by atoms with Crippen LogP contribution in [0.1, 0.15) is 43.0 Å². The number of carboxylic acid groups (broad SMARTS) is 1. The highest BCUT2D eigenvalue weighted by atomic mass is 32.1. The second-order valence-corrected chi connectivity index (χ2v) is 5.82. The summed E-state index contributed by atoms with van der Waals surface area (Å²) >= 11 is 1.43. The second-order valence-electron chi connectivity index (χ2n) is 5.04. The summed E-state index contributed by atoms with van der Waals surface area (Å²) in [4.78, 5) is 23.5.